The molecule has 0 fully saturated rings. The van der Waals surface area contributed by atoms with Crippen LogP contribution in [0.2, 0.25) is 0 Å². The summed E-state index contributed by atoms with van der Waals surface area (Å²) in [5.41, 5.74) is 0. The van der Waals surface area contributed by atoms with Crippen LogP contribution in [0.15, 0.2) is 6.20 Å². The molecule has 0 aliphatic rings. The van der Waals surface area contributed by atoms with Crippen LogP contribution in [-0.2, 0) is 27.7 Å². The molecule has 1 heterocycles. The standard InChI is InChI=1S/C6H9N3O7S/c10-4-5-7-3-6(9(11)12)8(5)1-2-16-17(13,14)15/h3,10H,1-2,4H2,(H,13,14,15). The van der Waals surface area contributed by atoms with Gasteiger partial charge in [-0.25, -0.2) is 13.7 Å². The maximum atomic E-state index is 10.6. The van der Waals surface area contributed by atoms with Crippen molar-refractivity contribution in [3.05, 3.63) is 22.1 Å². The molecule has 1 aromatic heterocycles. The summed E-state index contributed by atoms with van der Waals surface area (Å²) < 4.78 is 33.8. The summed E-state index contributed by atoms with van der Waals surface area (Å²) in [4.78, 5) is 13.4. The highest BCUT2D eigenvalue weighted by atomic mass is 32.3. The summed E-state index contributed by atoms with van der Waals surface area (Å²) in [7, 11) is -4.60. The highest BCUT2D eigenvalue weighted by molar-refractivity contribution is 7.80. The number of aliphatic hydroxyl groups excluding tert-OH is 1. The predicted molar refractivity (Wildman–Crippen MR) is 52.3 cm³/mol. The van der Waals surface area contributed by atoms with E-state index in [1.54, 1.807) is 0 Å². The minimum Gasteiger partial charge on any atom is -0.386 e. The number of nitro groups is 1. The molecule has 17 heavy (non-hydrogen) atoms. The Balaban J connectivity index is 2.81. The fraction of sp³-hybridized carbons (Fsp3) is 0.500. The molecule has 0 saturated heterocycles. The Morgan fingerprint density at radius 2 is 2.24 bits per heavy atom. The van der Waals surface area contributed by atoms with Gasteiger partial charge >= 0.3 is 16.2 Å². The van der Waals surface area contributed by atoms with Crippen molar-refractivity contribution in [1.29, 1.82) is 0 Å². The van der Waals surface area contributed by atoms with E-state index in [4.69, 9.17) is 9.66 Å². The molecular formula is C6H9N3O7S. The zero-order chi connectivity index (χ0) is 13.1. The smallest absolute Gasteiger partial charge is 0.386 e. The zero-order valence-electron chi connectivity index (χ0n) is 8.38. The van der Waals surface area contributed by atoms with Crippen LogP contribution < -0.4 is 0 Å². The minimum absolute atomic E-state index is 0.00404. The van der Waals surface area contributed by atoms with Crippen LogP contribution in [0.1, 0.15) is 5.82 Å². The molecule has 0 unspecified atom stereocenters. The van der Waals surface area contributed by atoms with Gasteiger partial charge in [0.2, 0.25) is 5.82 Å². The predicted octanol–water partition coefficient (Wildman–Crippen LogP) is -0.897. The Morgan fingerprint density at radius 3 is 2.71 bits per heavy atom. The highest BCUT2D eigenvalue weighted by Gasteiger charge is 2.20. The number of hydrogen-bond donors (Lipinski definition) is 2. The molecule has 0 aliphatic heterocycles. The molecule has 96 valence electrons. The molecule has 0 spiro atoms. The Morgan fingerprint density at radius 1 is 1.59 bits per heavy atom. The highest BCUT2D eigenvalue weighted by Crippen LogP contribution is 2.14. The van der Waals surface area contributed by atoms with Crippen molar-refractivity contribution < 1.29 is 27.2 Å². The molecule has 0 bridgehead atoms. The van der Waals surface area contributed by atoms with Gasteiger partial charge in [-0.3, -0.25) is 4.55 Å². The van der Waals surface area contributed by atoms with Crippen LogP contribution >= 0.6 is 0 Å². The topological polar surface area (TPSA) is 145 Å². The van der Waals surface area contributed by atoms with Gasteiger partial charge < -0.3 is 15.2 Å². The molecule has 0 atom stereocenters. The Labute approximate surface area is 95.6 Å². The van der Waals surface area contributed by atoms with E-state index >= 15 is 0 Å². The van der Waals surface area contributed by atoms with Crippen molar-refractivity contribution in [3.8, 4) is 0 Å². The summed E-state index contributed by atoms with van der Waals surface area (Å²) in [5, 5.41) is 19.4. The number of imidazole rings is 1. The SMILES string of the molecule is O=[N+]([O-])c1cnc(CO)n1CCOS(=O)(=O)O. The van der Waals surface area contributed by atoms with E-state index < -0.39 is 34.4 Å². The zero-order valence-corrected chi connectivity index (χ0v) is 9.20. The average molecular weight is 267 g/mol. The number of aromatic nitrogens is 2. The normalized spacial score (nSPS) is 11.6. The van der Waals surface area contributed by atoms with Crippen molar-refractivity contribution in [1.82, 2.24) is 9.55 Å². The lowest BCUT2D eigenvalue weighted by Crippen LogP contribution is -2.14. The molecule has 1 rings (SSSR count). The first kappa shape index (κ1) is 13.5. The first-order valence-corrected chi connectivity index (χ1v) is 5.63. The van der Waals surface area contributed by atoms with E-state index in [2.05, 4.69) is 9.17 Å². The number of nitrogens with zero attached hydrogens (tertiary/aromatic N) is 3. The van der Waals surface area contributed by atoms with E-state index in [-0.39, 0.29) is 12.4 Å². The van der Waals surface area contributed by atoms with E-state index in [1.807, 2.05) is 0 Å². The van der Waals surface area contributed by atoms with Gasteiger partial charge in [0, 0.05) is 0 Å². The summed E-state index contributed by atoms with van der Waals surface area (Å²) in [6, 6.07) is 0. The van der Waals surface area contributed by atoms with Crippen molar-refractivity contribution >= 4 is 16.2 Å². The van der Waals surface area contributed by atoms with Gasteiger partial charge in [0.15, 0.2) is 0 Å². The molecule has 0 aliphatic carbocycles. The molecule has 2 N–H and O–H groups in total. The van der Waals surface area contributed by atoms with Gasteiger partial charge in [-0.2, -0.15) is 8.42 Å². The molecule has 0 saturated carbocycles. The number of rotatable bonds is 6. The molecule has 1 aromatic rings. The number of aliphatic hydroxyl groups is 1. The molecule has 0 radical (unpaired) electrons. The quantitative estimate of drug-likeness (QED) is 0.383. The van der Waals surface area contributed by atoms with Gasteiger partial charge in [-0.1, -0.05) is 0 Å². The summed E-state index contributed by atoms with van der Waals surface area (Å²) in [5.74, 6) is -0.413. The fourth-order valence-electron chi connectivity index (χ4n) is 1.15. The lowest BCUT2D eigenvalue weighted by Gasteiger charge is -2.02. The van der Waals surface area contributed by atoms with Crippen LogP contribution in [0.25, 0.3) is 0 Å². The van der Waals surface area contributed by atoms with E-state index in [1.165, 1.54) is 0 Å². The lowest BCUT2D eigenvalue weighted by molar-refractivity contribution is -0.392. The van der Waals surface area contributed by atoms with Crippen LogP contribution in [0.4, 0.5) is 5.82 Å². The second-order valence-corrected chi connectivity index (χ2v) is 3.94. The van der Waals surface area contributed by atoms with Gasteiger partial charge in [-0.05, 0) is 4.92 Å². The van der Waals surface area contributed by atoms with E-state index in [9.17, 15) is 18.5 Å². The third kappa shape index (κ3) is 3.74. The maximum Gasteiger partial charge on any atom is 0.397 e. The Kier molecular flexibility index (Phi) is 4.11. The van der Waals surface area contributed by atoms with Crippen molar-refractivity contribution in [2.24, 2.45) is 0 Å². The van der Waals surface area contributed by atoms with Crippen LogP contribution in [0.3, 0.4) is 0 Å². The molecule has 0 aromatic carbocycles. The average Bonchev–Trinajstić information content (AvgIpc) is 2.59. The first-order valence-electron chi connectivity index (χ1n) is 4.26. The summed E-state index contributed by atoms with van der Waals surface area (Å²) in [6.45, 7) is -1.30. The van der Waals surface area contributed by atoms with Gasteiger partial charge in [0.05, 0.1) is 0 Å². The third-order valence-electron chi connectivity index (χ3n) is 1.79. The van der Waals surface area contributed by atoms with Gasteiger partial charge in [-0.15, -0.1) is 0 Å². The summed E-state index contributed by atoms with van der Waals surface area (Å²) in [6.07, 6.45) is 0.930. The van der Waals surface area contributed by atoms with Crippen molar-refractivity contribution in [2.45, 2.75) is 13.2 Å². The monoisotopic (exact) mass is 267 g/mol. The molecule has 10 nitrogen and oxygen atoms in total. The Bertz CT molecular complexity index is 508. The van der Waals surface area contributed by atoms with Crippen LogP contribution in [0, 0.1) is 10.1 Å². The molecule has 11 heteroatoms. The van der Waals surface area contributed by atoms with Gasteiger partial charge in [0.1, 0.15) is 26.0 Å². The van der Waals surface area contributed by atoms with Crippen molar-refractivity contribution in [3.63, 3.8) is 0 Å². The molecule has 0 amide bonds. The third-order valence-corrected chi connectivity index (χ3v) is 2.26. The Hall–Kier alpha value is -1.56. The van der Waals surface area contributed by atoms with Crippen LogP contribution in [-0.4, -0.2) is 39.2 Å². The lowest BCUT2D eigenvalue weighted by atomic mass is 10.5. The summed E-state index contributed by atoms with van der Waals surface area (Å²) >= 11 is 0. The fourth-order valence-corrected chi connectivity index (χ4v) is 1.44. The first-order chi connectivity index (χ1) is 7.85. The van der Waals surface area contributed by atoms with Crippen molar-refractivity contribution in [2.75, 3.05) is 6.61 Å². The maximum absolute atomic E-state index is 10.6. The largest absolute Gasteiger partial charge is 0.397 e. The minimum atomic E-state index is -4.60. The van der Waals surface area contributed by atoms with E-state index in [0.717, 1.165) is 10.8 Å². The molecular weight excluding hydrogens is 258 g/mol. The second kappa shape index (κ2) is 5.18. The second-order valence-electron chi connectivity index (χ2n) is 2.85. The van der Waals surface area contributed by atoms with Gasteiger partial charge in [0.25, 0.3) is 0 Å². The number of hydrogen-bond acceptors (Lipinski definition) is 7. The van der Waals surface area contributed by atoms with E-state index in [0.29, 0.717) is 0 Å². The van der Waals surface area contributed by atoms with Crippen LogP contribution in [0.5, 0.6) is 0 Å².